The average Bonchev–Trinajstić information content (AvgIpc) is 2.68. The summed E-state index contributed by atoms with van der Waals surface area (Å²) in [4.78, 5) is 30.1. The quantitative estimate of drug-likeness (QED) is 0.143. The fourth-order valence-electron chi connectivity index (χ4n) is 2.64. The molecule has 0 radical (unpaired) electrons. The molecule has 0 aliphatic carbocycles. The minimum Gasteiger partial charge on any atom is -0.481 e. The van der Waals surface area contributed by atoms with Crippen LogP contribution in [0, 0.1) is 37.3 Å². The van der Waals surface area contributed by atoms with E-state index in [2.05, 4.69) is 20.8 Å². The first kappa shape index (κ1) is 37.9. The molecule has 0 aromatic heterocycles. The largest absolute Gasteiger partial charge is 0.481 e. The second kappa shape index (κ2) is 34.3. The molecule has 7 heteroatoms. The second-order valence-electron chi connectivity index (χ2n) is 7.67. The van der Waals surface area contributed by atoms with Gasteiger partial charge in [-0.1, -0.05) is 97.8 Å². The summed E-state index contributed by atoms with van der Waals surface area (Å²) in [5.74, 6) is -2.01. The van der Waals surface area contributed by atoms with Crippen molar-refractivity contribution in [2.75, 3.05) is 0 Å². The van der Waals surface area contributed by atoms with Crippen LogP contribution in [0.15, 0.2) is 0 Å². The Morgan fingerprint density at radius 2 is 0.613 bits per heavy atom. The summed E-state index contributed by atoms with van der Waals surface area (Å²) < 4.78 is 0. The van der Waals surface area contributed by atoms with E-state index < -0.39 is 17.9 Å². The van der Waals surface area contributed by atoms with Crippen LogP contribution in [0.4, 0.5) is 0 Å². The second-order valence-corrected chi connectivity index (χ2v) is 7.67. The van der Waals surface area contributed by atoms with Crippen LogP contribution in [0.3, 0.4) is 0 Å². The van der Waals surface area contributed by atoms with Crippen molar-refractivity contribution in [3.63, 3.8) is 0 Å². The molecule has 0 aliphatic heterocycles. The van der Waals surface area contributed by atoms with E-state index in [1.165, 1.54) is 57.8 Å². The Morgan fingerprint density at radius 1 is 0.419 bits per heavy atom. The molecule has 0 saturated heterocycles. The molecule has 3 N–H and O–H groups in total. The molecule has 0 spiro atoms. The minimum absolute atomic E-state index is 0. The number of rotatable bonds is 18. The van der Waals surface area contributed by atoms with Gasteiger partial charge in [-0.05, 0) is 19.3 Å². The Balaban J connectivity index is -0.000000174. The molecule has 0 aromatic carbocycles. The number of aliphatic carboxylic acids is 3. The summed E-state index contributed by atoms with van der Waals surface area (Å²) >= 11 is 0. The smallest absolute Gasteiger partial charge is 0.303 e. The third kappa shape index (κ3) is 53.2. The van der Waals surface area contributed by atoms with Gasteiger partial charge in [0.1, 0.15) is 0 Å². The first-order valence-electron chi connectivity index (χ1n) is 12.0. The molecule has 6 nitrogen and oxygen atoms in total. The molecule has 0 aromatic rings. The Morgan fingerprint density at radius 3 is 0.774 bits per heavy atom. The van der Waals surface area contributed by atoms with Crippen LogP contribution in [0.25, 0.3) is 0 Å². The van der Waals surface area contributed by atoms with Gasteiger partial charge in [0.15, 0.2) is 0 Å². The van der Waals surface area contributed by atoms with E-state index in [-0.39, 0.29) is 37.3 Å². The van der Waals surface area contributed by atoms with Crippen molar-refractivity contribution in [3.05, 3.63) is 0 Å². The topological polar surface area (TPSA) is 112 Å². The molecule has 0 fully saturated rings. The molecule has 0 aliphatic rings. The predicted octanol–water partition coefficient (Wildman–Crippen LogP) is 7.29. The molecule has 0 unspecified atom stereocenters. The zero-order valence-electron chi connectivity index (χ0n) is 20.1. The van der Waals surface area contributed by atoms with E-state index in [0.717, 1.165) is 38.5 Å². The monoisotopic (exact) mass is 598 g/mol. The van der Waals surface area contributed by atoms with Crippen LogP contribution in [-0.2, 0) is 14.4 Å². The van der Waals surface area contributed by atoms with Gasteiger partial charge in [0.2, 0.25) is 0 Å². The van der Waals surface area contributed by atoms with Gasteiger partial charge in [-0.25, -0.2) is 0 Å². The van der Waals surface area contributed by atoms with E-state index in [1.54, 1.807) is 0 Å². The number of carboxylic acids is 3. The van der Waals surface area contributed by atoms with Crippen LogP contribution in [0.1, 0.15) is 136 Å². The molecule has 0 atom stereocenters. The maximum Gasteiger partial charge on any atom is 0.303 e. The van der Waals surface area contributed by atoms with Crippen molar-refractivity contribution in [1.82, 2.24) is 0 Å². The Labute approximate surface area is 220 Å². The van der Waals surface area contributed by atoms with Crippen molar-refractivity contribution in [2.24, 2.45) is 0 Å². The predicted molar refractivity (Wildman–Crippen MR) is 123 cm³/mol. The maximum absolute atomic E-state index is 10.0. The summed E-state index contributed by atoms with van der Waals surface area (Å²) in [6, 6.07) is 0. The standard InChI is InChI=1S/3C8H16O2.Er/c3*1-2-3-4-5-6-7-8(9)10;/h3*2-7H2,1H3,(H,9,10);. The van der Waals surface area contributed by atoms with Crippen molar-refractivity contribution < 1.29 is 67.0 Å². The van der Waals surface area contributed by atoms with Crippen LogP contribution in [0.5, 0.6) is 0 Å². The summed E-state index contributed by atoms with van der Waals surface area (Å²) in [6.07, 6.45) is 17.7. The normalized spacial score (nSPS) is 9.39. The SMILES string of the molecule is CCCCCCCC(=O)O.CCCCCCCC(=O)O.CCCCCCCC(=O)O.[Er]. The summed E-state index contributed by atoms with van der Waals surface area (Å²) in [7, 11) is 0. The summed E-state index contributed by atoms with van der Waals surface area (Å²) in [5, 5.41) is 24.8. The number of hydrogen-bond donors (Lipinski definition) is 3. The molecule has 0 bridgehead atoms. The van der Waals surface area contributed by atoms with Crippen LogP contribution >= 0.6 is 0 Å². The van der Waals surface area contributed by atoms with E-state index in [1.807, 2.05) is 0 Å². The fourth-order valence-corrected chi connectivity index (χ4v) is 2.64. The third-order valence-electron chi connectivity index (χ3n) is 4.48. The van der Waals surface area contributed by atoms with Gasteiger partial charge in [-0.2, -0.15) is 0 Å². The molecular weight excluding hydrogens is 552 g/mol. The summed E-state index contributed by atoms with van der Waals surface area (Å²) in [6.45, 7) is 6.45. The molecule has 0 rings (SSSR count). The Bertz CT molecular complexity index is 331. The summed E-state index contributed by atoms with van der Waals surface area (Å²) in [5.41, 5.74) is 0. The van der Waals surface area contributed by atoms with E-state index in [9.17, 15) is 14.4 Å². The van der Waals surface area contributed by atoms with Gasteiger partial charge in [-0.15, -0.1) is 0 Å². The van der Waals surface area contributed by atoms with Crippen LogP contribution in [0.2, 0.25) is 0 Å². The number of carboxylic acid groups (broad SMARTS) is 3. The molecule has 0 heterocycles. The van der Waals surface area contributed by atoms with E-state index >= 15 is 0 Å². The molecular formula is C24H48ErO6. The van der Waals surface area contributed by atoms with Gasteiger partial charge in [0.25, 0.3) is 0 Å². The number of carbonyl (C=O) groups is 3. The Kier molecular flexibility index (Phi) is 42.0. The van der Waals surface area contributed by atoms with Gasteiger partial charge in [0, 0.05) is 56.6 Å². The Hall–Kier alpha value is -0.343. The van der Waals surface area contributed by atoms with Gasteiger partial charge in [0.05, 0.1) is 0 Å². The van der Waals surface area contributed by atoms with Gasteiger partial charge >= 0.3 is 17.9 Å². The first-order chi connectivity index (χ1) is 14.3. The van der Waals surface area contributed by atoms with Gasteiger partial charge in [-0.3, -0.25) is 14.4 Å². The van der Waals surface area contributed by atoms with Crippen molar-refractivity contribution in [2.45, 2.75) is 136 Å². The zero-order valence-corrected chi connectivity index (χ0v) is 21.9. The molecule has 31 heavy (non-hydrogen) atoms. The van der Waals surface area contributed by atoms with Crippen LogP contribution < -0.4 is 0 Å². The molecule has 0 saturated carbocycles. The minimum atomic E-state index is -0.670. The van der Waals surface area contributed by atoms with Gasteiger partial charge < -0.3 is 15.3 Å². The van der Waals surface area contributed by atoms with Crippen molar-refractivity contribution in [3.8, 4) is 0 Å². The first-order valence-corrected chi connectivity index (χ1v) is 12.0. The number of hydrogen-bond acceptors (Lipinski definition) is 3. The molecule has 0 amide bonds. The van der Waals surface area contributed by atoms with Crippen LogP contribution in [-0.4, -0.2) is 33.2 Å². The fraction of sp³-hybridized carbons (Fsp3) is 0.875. The van der Waals surface area contributed by atoms with Crippen molar-refractivity contribution >= 4 is 17.9 Å². The maximum atomic E-state index is 10.0. The molecule has 192 valence electrons. The zero-order chi connectivity index (χ0) is 23.5. The number of unbranched alkanes of at least 4 members (excludes halogenated alkanes) is 12. The third-order valence-corrected chi connectivity index (χ3v) is 4.48. The van der Waals surface area contributed by atoms with E-state index in [0.29, 0.717) is 19.3 Å². The average molecular weight is 600 g/mol. The van der Waals surface area contributed by atoms with E-state index in [4.69, 9.17) is 15.3 Å². The van der Waals surface area contributed by atoms with Crippen molar-refractivity contribution in [1.29, 1.82) is 0 Å².